The van der Waals surface area contributed by atoms with Crippen LogP contribution in [0.3, 0.4) is 0 Å². The third kappa shape index (κ3) is 7.47. The van der Waals surface area contributed by atoms with Gasteiger partial charge in [-0.25, -0.2) is 8.42 Å². The highest BCUT2D eigenvalue weighted by molar-refractivity contribution is 7.92. The van der Waals surface area contributed by atoms with Crippen molar-refractivity contribution in [1.29, 1.82) is 0 Å². The van der Waals surface area contributed by atoms with Crippen molar-refractivity contribution in [1.82, 2.24) is 10.2 Å². The van der Waals surface area contributed by atoms with Crippen molar-refractivity contribution in [2.45, 2.75) is 46.7 Å². The summed E-state index contributed by atoms with van der Waals surface area (Å²) < 4.78 is 26.3. The zero-order valence-electron chi connectivity index (χ0n) is 19.8. The minimum absolute atomic E-state index is 0.0731. The summed E-state index contributed by atoms with van der Waals surface area (Å²) in [5, 5.41) is 3.26. The molecule has 0 saturated carbocycles. The molecule has 9 heteroatoms. The number of nitrogens with zero attached hydrogens (tertiary/aromatic N) is 2. The predicted octanol–water partition coefficient (Wildman–Crippen LogP) is 3.67. The van der Waals surface area contributed by atoms with Crippen molar-refractivity contribution in [2.24, 2.45) is 0 Å². The molecule has 0 aliphatic rings. The van der Waals surface area contributed by atoms with Crippen molar-refractivity contribution >= 4 is 39.1 Å². The van der Waals surface area contributed by atoms with Crippen molar-refractivity contribution in [2.75, 3.05) is 23.7 Å². The Balaban J connectivity index is 2.42. The molecule has 0 spiro atoms. The van der Waals surface area contributed by atoms with Gasteiger partial charge in [-0.2, -0.15) is 0 Å². The Bertz CT molecular complexity index is 1080. The fourth-order valence-electron chi connectivity index (χ4n) is 3.50. The van der Waals surface area contributed by atoms with Gasteiger partial charge in [-0.05, 0) is 62.1 Å². The largest absolute Gasteiger partial charge is 0.354 e. The van der Waals surface area contributed by atoms with Gasteiger partial charge < -0.3 is 10.2 Å². The van der Waals surface area contributed by atoms with Gasteiger partial charge in [-0.1, -0.05) is 42.8 Å². The Morgan fingerprint density at radius 3 is 2.24 bits per heavy atom. The summed E-state index contributed by atoms with van der Waals surface area (Å²) in [4.78, 5) is 27.5. The van der Waals surface area contributed by atoms with Crippen LogP contribution in [0.15, 0.2) is 42.5 Å². The third-order valence-corrected chi connectivity index (χ3v) is 6.70. The first-order chi connectivity index (χ1) is 15.4. The van der Waals surface area contributed by atoms with E-state index in [1.165, 1.54) is 4.90 Å². The lowest BCUT2D eigenvalue weighted by Gasteiger charge is -2.31. The van der Waals surface area contributed by atoms with Gasteiger partial charge in [0.05, 0.1) is 11.9 Å². The number of carbonyl (C=O) groups excluding carboxylic acids is 2. The average Bonchev–Trinajstić information content (AvgIpc) is 2.73. The molecule has 0 aliphatic heterocycles. The molecule has 0 radical (unpaired) electrons. The summed E-state index contributed by atoms with van der Waals surface area (Å²) in [6.07, 6.45) is 1.82. The van der Waals surface area contributed by atoms with Gasteiger partial charge in [0, 0.05) is 18.1 Å². The van der Waals surface area contributed by atoms with Crippen molar-refractivity contribution in [3.8, 4) is 0 Å². The maximum Gasteiger partial charge on any atom is 0.244 e. The summed E-state index contributed by atoms with van der Waals surface area (Å²) in [6.45, 7) is 7.41. The molecule has 180 valence electrons. The molecule has 1 unspecified atom stereocenters. The van der Waals surface area contributed by atoms with E-state index < -0.39 is 28.5 Å². The van der Waals surface area contributed by atoms with Crippen LogP contribution in [-0.4, -0.2) is 50.5 Å². The minimum atomic E-state index is -3.76. The van der Waals surface area contributed by atoms with Gasteiger partial charge in [0.15, 0.2) is 0 Å². The Kier molecular flexibility index (Phi) is 9.31. The zero-order valence-corrected chi connectivity index (χ0v) is 21.3. The fourth-order valence-corrected chi connectivity index (χ4v) is 4.53. The van der Waals surface area contributed by atoms with E-state index in [0.717, 1.165) is 28.1 Å². The predicted molar refractivity (Wildman–Crippen MR) is 133 cm³/mol. The molecule has 33 heavy (non-hydrogen) atoms. The molecule has 0 saturated heterocycles. The number of sulfonamides is 1. The van der Waals surface area contributed by atoms with Crippen LogP contribution in [0.2, 0.25) is 5.02 Å². The Morgan fingerprint density at radius 1 is 1.09 bits per heavy atom. The molecule has 2 aromatic rings. The molecular weight excluding hydrogens is 462 g/mol. The third-order valence-electron chi connectivity index (χ3n) is 5.19. The van der Waals surface area contributed by atoms with Crippen LogP contribution in [0.1, 0.15) is 37.0 Å². The molecule has 2 amide bonds. The van der Waals surface area contributed by atoms with Gasteiger partial charge in [-0.15, -0.1) is 0 Å². The van der Waals surface area contributed by atoms with Crippen molar-refractivity contribution < 1.29 is 18.0 Å². The molecule has 2 rings (SSSR count). The summed E-state index contributed by atoms with van der Waals surface area (Å²) in [7, 11) is -3.76. The summed E-state index contributed by atoms with van der Waals surface area (Å²) >= 11 is 6.31. The standard InChI is InChI=1S/C24H32ClN3O4S/c1-6-11-26-24(30)19(4)27(15-20-9-7-8-10-22(20)25)23(29)16-28(33(5,31)32)21-13-17(2)12-18(3)14-21/h7-10,12-14,19H,6,11,15-16H2,1-5H3,(H,26,30). The van der Waals surface area contributed by atoms with E-state index in [2.05, 4.69) is 5.32 Å². The van der Waals surface area contributed by atoms with Crippen LogP contribution in [0, 0.1) is 13.8 Å². The molecule has 0 fully saturated rings. The number of aryl methyl sites for hydroxylation is 2. The summed E-state index contributed by atoms with van der Waals surface area (Å²) in [6, 6.07) is 11.6. The molecule has 2 aromatic carbocycles. The first-order valence-corrected chi connectivity index (χ1v) is 13.0. The number of rotatable bonds is 10. The van der Waals surface area contributed by atoms with E-state index in [9.17, 15) is 18.0 Å². The first-order valence-electron chi connectivity index (χ1n) is 10.8. The second kappa shape index (κ2) is 11.5. The number of hydrogen-bond donors (Lipinski definition) is 1. The molecule has 1 N–H and O–H groups in total. The maximum atomic E-state index is 13.5. The average molecular weight is 494 g/mol. The maximum absolute atomic E-state index is 13.5. The normalized spacial score (nSPS) is 12.2. The van der Waals surface area contributed by atoms with E-state index in [4.69, 9.17) is 11.6 Å². The summed E-state index contributed by atoms with van der Waals surface area (Å²) in [5.41, 5.74) is 2.83. The monoisotopic (exact) mass is 493 g/mol. The number of anilines is 1. The SMILES string of the molecule is CCCNC(=O)C(C)N(Cc1ccccc1Cl)C(=O)CN(c1cc(C)cc(C)c1)S(C)(=O)=O. The van der Waals surface area contributed by atoms with Crippen molar-refractivity contribution in [3.05, 3.63) is 64.2 Å². The summed E-state index contributed by atoms with van der Waals surface area (Å²) in [5.74, 6) is -0.812. The second-order valence-corrected chi connectivity index (χ2v) is 10.5. The first kappa shape index (κ1) is 26.7. The lowest BCUT2D eigenvalue weighted by Crippen LogP contribution is -2.51. The molecular formula is C24H32ClN3O4S. The minimum Gasteiger partial charge on any atom is -0.354 e. The lowest BCUT2D eigenvalue weighted by atomic mass is 10.1. The van der Waals surface area contributed by atoms with Gasteiger partial charge in [0.25, 0.3) is 0 Å². The lowest BCUT2D eigenvalue weighted by molar-refractivity contribution is -0.139. The number of hydrogen-bond acceptors (Lipinski definition) is 4. The van der Waals surface area contributed by atoms with E-state index >= 15 is 0 Å². The van der Waals surface area contributed by atoms with Crippen LogP contribution in [0.25, 0.3) is 0 Å². The van der Waals surface area contributed by atoms with Gasteiger partial charge in [0.1, 0.15) is 12.6 Å². The number of benzene rings is 2. The molecule has 0 aliphatic carbocycles. The number of nitrogens with one attached hydrogen (secondary N) is 1. The number of halogens is 1. The van der Waals surface area contributed by atoms with Crippen LogP contribution >= 0.6 is 11.6 Å². The molecule has 0 bridgehead atoms. The molecule has 1 atom stereocenters. The van der Waals surface area contributed by atoms with Gasteiger partial charge in [-0.3, -0.25) is 13.9 Å². The number of carbonyl (C=O) groups is 2. The van der Waals surface area contributed by atoms with E-state index in [0.29, 0.717) is 22.8 Å². The van der Waals surface area contributed by atoms with E-state index in [-0.39, 0.29) is 12.5 Å². The Morgan fingerprint density at radius 2 is 1.70 bits per heavy atom. The topological polar surface area (TPSA) is 86.8 Å². The van der Waals surface area contributed by atoms with E-state index in [1.54, 1.807) is 43.3 Å². The van der Waals surface area contributed by atoms with Crippen LogP contribution < -0.4 is 9.62 Å². The van der Waals surface area contributed by atoms with Gasteiger partial charge in [0.2, 0.25) is 21.8 Å². The van der Waals surface area contributed by atoms with Gasteiger partial charge >= 0.3 is 0 Å². The fraction of sp³-hybridized carbons (Fsp3) is 0.417. The van der Waals surface area contributed by atoms with Crippen LogP contribution in [0.5, 0.6) is 0 Å². The molecule has 0 heterocycles. The molecule has 0 aromatic heterocycles. The van der Waals surface area contributed by atoms with Crippen LogP contribution in [-0.2, 0) is 26.2 Å². The Labute approximate surface area is 201 Å². The Hall–Kier alpha value is -2.58. The highest BCUT2D eigenvalue weighted by atomic mass is 35.5. The zero-order chi connectivity index (χ0) is 24.8. The molecule has 7 nitrogen and oxygen atoms in total. The van der Waals surface area contributed by atoms with E-state index in [1.807, 2.05) is 26.8 Å². The number of amides is 2. The smallest absolute Gasteiger partial charge is 0.244 e. The quantitative estimate of drug-likeness (QED) is 0.547. The highest BCUT2D eigenvalue weighted by Crippen LogP contribution is 2.23. The van der Waals surface area contributed by atoms with Crippen molar-refractivity contribution in [3.63, 3.8) is 0 Å². The second-order valence-electron chi connectivity index (χ2n) is 8.20. The highest BCUT2D eigenvalue weighted by Gasteiger charge is 2.30. The van der Waals surface area contributed by atoms with Crippen LogP contribution in [0.4, 0.5) is 5.69 Å².